The van der Waals surface area contributed by atoms with Gasteiger partial charge in [-0.15, -0.1) is 0 Å². The minimum Gasteiger partial charge on any atom is -0.207 e. The van der Waals surface area contributed by atoms with E-state index in [2.05, 4.69) is 4.72 Å². The van der Waals surface area contributed by atoms with Gasteiger partial charge in [-0.05, 0) is 31.4 Å². The average molecular weight is 255 g/mol. The van der Waals surface area contributed by atoms with E-state index in [1.54, 1.807) is 24.3 Å². The normalized spacial score (nSPS) is 12.6. The number of benzene rings is 1. The lowest BCUT2D eigenvalue weighted by Gasteiger charge is -2.31. The minimum absolute atomic E-state index is 0.325. The first kappa shape index (κ1) is 14.2. The smallest absolute Gasteiger partial charge is 0.207 e. The molecule has 0 saturated carbocycles. The Morgan fingerprint density at radius 3 is 1.88 bits per heavy atom. The molecule has 0 unspecified atom stereocenters. The van der Waals surface area contributed by atoms with E-state index in [9.17, 15) is 8.42 Å². The van der Waals surface area contributed by atoms with Gasteiger partial charge in [0.25, 0.3) is 0 Å². The van der Waals surface area contributed by atoms with Crippen molar-refractivity contribution in [3.05, 3.63) is 30.3 Å². The van der Waals surface area contributed by atoms with Gasteiger partial charge in [-0.3, -0.25) is 0 Å². The summed E-state index contributed by atoms with van der Waals surface area (Å²) in [5.74, 6) is 0. The topological polar surface area (TPSA) is 46.2 Å². The molecule has 0 radical (unpaired) electrons. The maximum Gasteiger partial charge on any atom is 0.241 e. The van der Waals surface area contributed by atoms with Crippen LogP contribution in [0.25, 0.3) is 0 Å². The SMILES string of the molecule is CCC(CC)(CC)NS(=O)(=O)c1ccccc1. The van der Waals surface area contributed by atoms with E-state index in [1.807, 2.05) is 26.8 Å². The highest BCUT2D eigenvalue weighted by molar-refractivity contribution is 7.89. The largest absolute Gasteiger partial charge is 0.241 e. The third-order valence-electron chi connectivity index (χ3n) is 3.43. The summed E-state index contributed by atoms with van der Waals surface area (Å²) in [5.41, 5.74) is -0.325. The summed E-state index contributed by atoms with van der Waals surface area (Å²) in [6.45, 7) is 6.04. The van der Waals surface area contributed by atoms with Gasteiger partial charge in [0, 0.05) is 5.54 Å². The van der Waals surface area contributed by atoms with Crippen LogP contribution in [0.2, 0.25) is 0 Å². The van der Waals surface area contributed by atoms with E-state index in [0.717, 1.165) is 19.3 Å². The summed E-state index contributed by atoms with van der Waals surface area (Å²) in [6.07, 6.45) is 2.39. The number of hydrogen-bond donors (Lipinski definition) is 1. The van der Waals surface area contributed by atoms with Gasteiger partial charge >= 0.3 is 0 Å². The van der Waals surface area contributed by atoms with Gasteiger partial charge in [-0.2, -0.15) is 0 Å². The predicted molar refractivity (Wildman–Crippen MR) is 70.4 cm³/mol. The summed E-state index contributed by atoms with van der Waals surface area (Å²) >= 11 is 0. The van der Waals surface area contributed by atoms with E-state index in [1.165, 1.54) is 0 Å². The zero-order valence-electron chi connectivity index (χ0n) is 10.7. The van der Waals surface area contributed by atoms with Crippen molar-refractivity contribution in [1.82, 2.24) is 4.72 Å². The fourth-order valence-corrected chi connectivity index (χ4v) is 3.55. The standard InChI is InChI=1S/C13H21NO2S/c1-4-13(5-2,6-3)14-17(15,16)12-10-8-7-9-11-12/h7-11,14H,4-6H2,1-3H3. The molecule has 0 fully saturated rings. The Hall–Kier alpha value is -0.870. The van der Waals surface area contributed by atoms with Crippen LogP contribution in [-0.4, -0.2) is 14.0 Å². The highest BCUT2D eigenvalue weighted by Gasteiger charge is 2.30. The molecule has 0 spiro atoms. The van der Waals surface area contributed by atoms with Crippen molar-refractivity contribution in [3.63, 3.8) is 0 Å². The lowest BCUT2D eigenvalue weighted by molar-refractivity contribution is 0.341. The van der Waals surface area contributed by atoms with Gasteiger partial charge in [0.2, 0.25) is 10.0 Å². The van der Waals surface area contributed by atoms with Crippen LogP contribution in [0.4, 0.5) is 0 Å². The van der Waals surface area contributed by atoms with E-state index < -0.39 is 10.0 Å². The number of nitrogens with one attached hydrogen (secondary N) is 1. The summed E-state index contributed by atoms with van der Waals surface area (Å²) < 4.78 is 27.3. The maximum absolute atomic E-state index is 12.2. The van der Waals surface area contributed by atoms with Crippen LogP contribution in [0.1, 0.15) is 40.0 Å². The molecule has 1 aromatic rings. The molecule has 1 N–H and O–H groups in total. The Balaban J connectivity index is 3.01. The second kappa shape index (κ2) is 5.65. The van der Waals surface area contributed by atoms with Crippen molar-refractivity contribution < 1.29 is 8.42 Å². The van der Waals surface area contributed by atoms with Gasteiger partial charge in [0.1, 0.15) is 0 Å². The first-order valence-corrected chi connectivity index (χ1v) is 7.57. The summed E-state index contributed by atoms with van der Waals surface area (Å²) in [4.78, 5) is 0.333. The molecule has 1 rings (SSSR count). The molecule has 96 valence electrons. The molecule has 17 heavy (non-hydrogen) atoms. The van der Waals surface area contributed by atoms with Gasteiger partial charge in [-0.1, -0.05) is 39.0 Å². The van der Waals surface area contributed by atoms with Crippen molar-refractivity contribution in [2.75, 3.05) is 0 Å². The first-order valence-electron chi connectivity index (χ1n) is 6.08. The molecule has 0 aromatic heterocycles. The monoisotopic (exact) mass is 255 g/mol. The van der Waals surface area contributed by atoms with E-state index >= 15 is 0 Å². The lowest BCUT2D eigenvalue weighted by atomic mass is 9.91. The molecule has 0 aliphatic heterocycles. The van der Waals surface area contributed by atoms with Gasteiger partial charge in [-0.25, -0.2) is 13.1 Å². The fourth-order valence-electron chi connectivity index (χ4n) is 1.91. The minimum atomic E-state index is -3.40. The van der Waals surface area contributed by atoms with Gasteiger partial charge < -0.3 is 0 Å². The van der Waals surface area contributed by atoms with Gasteiger partial charge in [0.15, 0.2) is 0 Å². The Morgan fingerprint density at radius 2 is 1.47 bits per heavy atom. The molecule has 0 aliphatic rings. The molecular formula is C13H21NO2S. The second-order valence-electron chi connectivity index (χ2n) is 4.26. The zero-order chi connectivity index (χ0) is 12.9. The fraction of sp³-hybridized carbons (Fsp3) is 0.538. The Morgan fingerprint density at radius 1 is 1.00 bits per heavy atom. The van der Waals surface area contributed by atoms with Crippen LogP contribution in [-0.2, 0) is 10.0 Å². The first-order chi connectivity index (χ1) is 7.99. The van der Waals surface area contributed by atoms with Crippen LogP contribution in [0.3, 0.4) is 0 Å². The second-order valence-corrected chi connectivity index (χ2v) is 5.94. The quantitative estimate of drug-likeness (QED) is 0.849. The lowest BCUT2D eigenvalue weighted by Crippen LogP contribution is -2.46. The van der Waals surface area contributed by atoms with E-state index in [-0.39, 0.29) is 5.54 Å². The number of sulfonamides is 1. The van der Waals surface area contributed by atoms with Crippen molar-refractivity contribution in [2.45, 2.75) is 50.5 Å². The van der Waals surface area contributed by atoms with Crippen molar-refractivity contribution in [2.24, 2.45) is 0 Å². The molecule has 0 amide bonds. The third-order valence-corrected chi connectivity index (χ3v) is 5.03. The summed E-state index contributed by atoms with van der Waals surface area (Å²) in [6, 6.07) is 8.52. The molecule has 0 saturated heterocycles. The Kier molecular flexibility index (Phi) is 4.71. The molecule has 0 heterocycles. The van der Waals surface area contributed by atoms with Crippen molar-refractivity contribution >= 4 is 10.0 Å². The third kappa shape index (κ3) is 3.30. The summed E-state index contributed by atoms with van der Waals surface area (Å²) in [7, 11) is -3.40. The maximum atomic E-state index is 12.2. The average Bonchev–Trinajstić information content (AvgIpc) is 2.37. The highest BCUT2D eigenvalue weighted by atomic mass is 32.2. The van der Waals surface area contributed by atoms with Crippen LogP contribution < -0.4 is 4.72 Å². The summed E-state index contributed by atoms with van der Waals surface area (Å²) in [5, 5.41) is 0. The molecule has 0 atom stereocenters. The Bertz CT molecular complexity index is 427. The van der Waals surface area contributed by atoms with E-state index in [4.69, 9.17) is 0 Å². The van der Waals surface area contributed by atoms with Crippen molar-refractivity contribution in [1.29, 1.82) is 0 Å². The van der Waals surface area contributed by atoms with E-state index in [0.29, 0.717) is 4.90 Å². The molecule has 4 heteroatoms. The molecule has 0 aliphatic carbocycles. The van der Waals surface area contributed by atoms with Crippen LogP contribution >= 0.6 is 0 Å². The zero-order valence-corrected chi connectivity index (χ0v) is 11.5. The molecular weight excluding hydrogens is 234 g/mol. The molecule has 1 aromatic carbocycles. The molecule has 3 nitrogen and oxygen atoms in total. The van der Waals surface area contributed by atoms with Crippen LogP contribution in [0.5, 0.6) is 0 Å². The van der Waals surface area contributed by atoms with Gasteiger partial charge in [0.05, 0.1) is 4.90 Å². The Labute approximate surface area is 104 Å². The van der Waals surface area contributed by atoms with Crippen molar-refractivity contribution in [3.8, 4) is 0 Å². The van der Waals surface area contributed by atoms with Crippen LogP contribution in [0, 0.1) is 0 Å². The molecule has 0 bridgehead atoms. The number of hydrogen-bond acceptors (Lipinski definition) is 2. The highest BCUT2D eigenvalue weighted by Crippen LogP contribution is 2.22. The predicted octanol–water partition coefficient (Wildman–Crippen LogP) is 2.93. The number of rotatable bonds is 6. The van der Waals surface area contributed by atoms with Crippen LogP contribution in [0.15, 0.2) is 35.2 Å².